The molecule has 14 atom stereocenters. The van der Waals surface area contributed by atoms with E-state index in [2.05, 4.69) is 68.2 Å². The summed E-state index contributed by atoms with van der Waals surface area (Å²) in [6.07, 6.45) is 4.19. The van der Waals surface area contributed by atoms with E-state index in [4.69, 9.17) is 50.4 Å². The van der Waals surface area contributed by atoms with Gasteiger partial charge in [0.25, 0.3) is 0 Å². The topological polar surface area (TPSA) is 514 Å². The number of nitrogens with two attached hydrogens (primary N) is 3. The Balaban J connectivity index is 0.533. The number of carbonyl (C=O) groups excluding carboxylic acids is 11. The molecule has 12 amide bonds. The Labute approximate surface area is 819 Å². The molecule has 2 aliphatic heterocycles. The number of urea groups is 1. The number of para-hydroxylation sites is 1. The second-order valence-electron chi connectivity index (χ2n) is 39.4. The van der Waals surface area contributed by atoms with Crippen LogP contribution in [0.3, 0.4) is 0 Å². The van der Waals surface area contributed by atoms with Crippen LogP contribution in [0.1, 0.15) is 227 Å². The molecule has 0 aromatic heterocycles. The highest BCUT2D eigenvalue weighted by Gasteiger charge is 2.59. The number of unbranched alkanes of at least 4 members (excludes halogenated alkanes) is 2. The Morgan fingerprint density at radius 2 is 1.22 bits per heavy atom. The lowest BCUT2D eigenvalue weighted by molar-refractivity contribution is -0.186. The van der Waals surface area contributed by atoms with E-state index in [9.17, 15) is 73.2 Å². The maximum atomic E-state index is 14.8. The third-order valence-corrected chi connectivity index (χ3v) is 29.3. The summed E-state index contributed by atoms with van der Waals surface area (Å²) in [4.78, 5) is 152. The summed E-state index contributed by atoms with van der Waals surface area (Å²) in [5, 5.41) is 65.4. The standard InChI is InChI=1S/C105H143N13O22/c1-66(2)94(95(107)128)115-96(129)79(113-90(125)42-50-134-52-54-136-56-57-137-55-53-135-51-48-110-88(123)40-41-92(127)118-62-72-20-8-7-18-68(72)28-29-71-19-9-10-23-81(71)118)22-11-13-47-109-91(126)65-138-84-24-15-21-75(59-80(93(84)106)114-97-83(122)61-82(121)85(63-119)140-97)117(100(108)132)49-14-12-25-89(124)111-73-34-26-67(27-35-73)64-139-101(133)112-74-36-30-69-32-38-86-102(3,77(69)58-74)43-16-45-104(86,5)98(130)116-99(131)105(6)46-17-44-103(4)78-60-76(120)37-31-70(78)33-39-87(103)105/h7-10,18-20,23,26-27,30-31,34-37,58,60,66,75,79,82-87,94,97,114,119-122H,11-17,21-22,24-25,32-33,38-57,59,61-65,106H2,1-6H3,(H2,107,128)(H2,108,132)(H,109,126)(H,110,123)(H,111,124)(H,112,133)(H,113,125)(H,115,129)(H,116,130,131)/t75?,79-,82-,83-,84?,85-,86?,87-,94+,97-,102-,103-,104+,105+/m1/s1. The van der Waals surface area contributed by atoms with Gasteiger partial charge in [-0.2, -0.15) is 0 Å². The average molecular weight is 1940 g/mol. The van der Waals surface area contributed by atoms with Gasteiger partial charge >= 0.3 is 12.1 Å². The van der Waals surface area contributed by atoms with E-state index in [1.807, 2.05) is 92.7 Å². The first-order chi connectivity index (χ1) is 67.2. The summed E-state index contributed by atoms with van der Waals surface area (Å²) < 4.78 is 40.2. The van der Waals surface area contributed by atoms with Gasteiger partial charge in [-0.25, -0.2) is 9.59 Å². The van der Waals surface area contributed by atoms with E-state index in [-0.39, 0.29) is 195 Å². The lowest BCUT2D eigenvalue weighted by atomic mass is 9.49. The molecule has 2 heterocycles. The number of ether oxygens (including phenoxy) is 7. The number of fused-ring (bicyclic) bond motifs is 8. The smallest absolute Gasteiger partial charge is 0.411 e. The summed E-state index contributed by atoms with van der Waals surface area (Å²) in [7, 11) is 0. The average Bonchev–Trinajstić information content (AvgIpc) is 0.717. The van der Waals surface area contributed by atoms with Crippen LogP contribution in [0.15, 0.2) is 121 Å². The van der Waals surface area contributed by atoms with Crippen molar-refractivity contribution < 1.29 is 106 Å². The summed E-state index contributed by atoms with van der Waals surface area (Å²) in [6.45, 7) is 13.5. The van der Waals surface area contributed by atoms with E-state index in [0.717, 1.165) is 84.7 Å². The lowest BCUT2D eigenvalue weighted by Crippen LogP contribution is -2.60. The molecule has 7 aliphatic rings. The van der Waals surface area contributed by atoms with Gasteiger partial charge in [0.05, 0.1) is 100 Å². The van der Waals surface area contributed by atoms with Gasteiger partial charge in [-0.15, -0.1) is 0 Å². The van der Waals surface area contributed by atoms with Crippen molar-refractivity contribution in [2.75, 3.05) is 101 Å². The maximum Gasteiger partial charge on any atom is 0.411 e. The molecule has 2 saturated carbocycles. The van der Waals surface area contributed by atoms with E-state index < -0.39 is 114 Å². The number of aliphatic hydroxyl groups excluding tert-OH is 3. The number of nitrogens with zero attached hydrogens (tertiary/aromatic N) is 2. The largest absolute Gasteiger partial charge is 0.508 e. The predicted octanol–water partition coefficient (Wildman–Crippen LogP) is 8.61. The Morgan fingerprint density at radius 1 is 0.600 bits per heavy atom. The molecule has 12 rings (SSSR count). The predicted molar refractivity (Wildman–Crippen MR) is 523 cm³/mol. The van der Waals surface area contributed by atoms with E-state index in [1.54, 1.807) is 49.1 Å². The van der Waals surface area contributed by atoms with Crippen molar-refractivity contribution in [1.29, 1.82) is 0 Å². The molecule has 5 aromatic carbocycles. The highest BCUT2D eigenvalue weighted by atomic mass is 16.6. The first-order valence-electron chi connectivity index (χ1n) is 49.6. The maximum absolute atomic E-state index is 14.8. The molecule has 5 aliphatic carbocycles. The van der Waals surface area contributed by atoms with Gasteiger partial charge in [0.1, 0.15) is 43.3 Å². The Kier molecular flexibility index (Phi) is 38.8. The van der Waals surface area contributed by atoms with Crippen molar-refractivity contribution in [1.82, 2.24) is 36.8 Å². The van der Waals surface area contributed by atoms with Crippen LogP contribution in [0.4, 0.5) is 26.7 Å². The third-order valence-electron chi connectivity index (χ3n) is 29.3. The van der Waals surface area contributed by atoms with Crippen LogP contribution in [0.25, 0.3) is 0 Å². The number of rotatable bonds is 46. The van der Waals surface area contributed by atoms with Crippen molar-refractivity contribution in [3.63, 3.8) is 0 Å². The minimum absolute atomic E-state index is 0.00359. The third kappa shape index (κ3) is 28.2. The van der Waals surface area contributed by atoms with Gasteiger partial charge in [-0.1, -0.05) is 121 Å². The normalized spacial score (nSPS) is 23.9. The molecular formula is C105H143N13O22. The van der Waals surface area contributed by atoms with Gasteiger partial charge in [0.2, 0.25) is 53.2 Å². The second-order valence-corrected chi connectivity index (χ2v) is 39.4. The zero-order valence-electron chi connectivity index (χ0n) is 81.6. The molecule has 3 unspecified atom stereocenters. The highest BCUT2D eigenvalue weighted by molar-refractivity contribution is 6.01. The van der Waals surface area contributed by atoms with Gasteiger partial charge < -0.3 is 112 Å². The van der Waals surface area contributed by atoms with E-state index >= 15 is 0 Å². The molecule has 35 heteroatoms. The van der Waals surface area contributed by atoms with Crippen LogP contribution in [-0.4, -0.2) is 225 Å². The Hall–Kier alpha value is -11.6. The summed E-state index contributed by atoms with van der Waals surface area (Å²) in [5.74, 6) is 2.64. The lowest BCUT2D eigenvalue weighted by Gasteiger charge is -2.56. The number of phenolic OH excluding ortho intramolecular Hbond substituents is 1. The SMILES string of the molecule is CC(C)[C@H](NC(=O)[C@@H](CCCCNC(=O)COC1CCCC(N(CCCCC(=O)Nc2ccc(COC(=O)Nc3ccc4c(c3)[C@@]3(C)CCC[C@](C)(C(=O)NC(=O)[C@@]5(C)CCC[C@]6(C)c7cc(O)ccc7CC[C@@H]56)C3CC4)cc2)C(N)=O)CC(N[C@@H]2O[C@H](CO)[C@H](O)C[C@H]2O)=C1N)NC(=O)CCOCCOCCOCCOCCNC(=O)CCC(=O)N1Cc2ccccc2C#Cc2ccccc21)C(N)=O. The number of primary amides is 2. The number of aryl methyl sites for hydroxylation is 2. The number of amides is 12. The minimum Gasteiger partial charge on any atom is -0.508 e. The molecule has 18 N–H and O–H groups in total. The summed E-state index contributed by atoms with van der Waals surface area (Å²) in [6, 6.07) is 30.2. The van der Waals surface area contributed by atoms with Crippen LogP contribution >= 0.6 is 0 Å². The molecule has 5 aromatic rings. The number of anilines is 3. The Morgan fingerprint density at radius 3 is 1.89 bits per heavy atom. The van der Waals surface area contributed by atoms with Crippen LogP contribution in [0.5, 0.6) is 5.75 Å². The molecule has 140 heavy (non-hydrogen) atoms. The summed E-state index contributed by atoms with van der Waals surface area (Å²) >= 11 is 0. The van der Waals surface area contributed by atoms with Gasteiger partial charge in [0, 0.05) is 92.4 Å². The molecule has 760 valence electrons. The fraction of sp³-hybridized carbons (Fsp3) is 0.571. The van der Waals surface area contributed by atoms with Crippen LogP contribution in [0, 0.1) is 40.4 Å². The first kappa shape index (κ1) is 107. The van der Waals surface area contributed by atoms with Crippen molar-refractivity contribution in [2.45, 2.75) is 268 Å². The van der Waals surface area contributed by atoms with Crippen LogP contribution in [0.2, 0.25) is 0 Å². The quantitative estimate of drug-likeness (QED) is 0.00984. The first-order valence-corrected chi connectivity index (χ1v) is 49.6. The molecule has 3 fully saturated rings. The number of hydrogen-bond acceptors (Lipinski definition) is 24. The zero-order chi connectivity index (χ0) is 100. The van der Waals surface area contributed by atoms with Crippen molar-refractivity contribution in [3.05, 3.63) is 165 Å². The fourth-order valence-electron chi connectivity index (χ4n) is 21.6. The number of phenols is 1. The molecule has 0 bridgehead atoms. The minimum atomic E-state index is -1.27. The fourth-order valence-corrected chi connectivity index (χ4v) is 21.6. The number of imide groups is 1. The molecule has 1 saturated heterocycles. The number of carbonyl (C=O) groups is 11. The number of aromatic hydroxyl groups is 1. The van der Waals surface area contributed by atoms with Gasteiger partial charge in [0.15, 0.2) is 6.23 Å². The highest BCUT2D eigenvalue weighted by Crippen LogP contribution is 2.60. The van der Waals surface area contributed by atoms with Crippen molar-refractivity contribution in [3.8, 4) is 17.6 Å². The van der Waals surface area contributed by atoms with Gasteiger partial charge in [-0.3, -0.25) is 53.8 Å². The number of benzene rings is 5. The Bertz CT molecular complexity index is 5260. The monoisotopic (exact) mass is 1940 g/mol. The number of nitrogens with one attached hydrogen (secondary N) is 8. The van der Waals surface area contributed by atoms with E-state index in [0.29, 0.717) is 86.2 Å². The molecule has 0 spiro atoms. The van der Waals surface area contributed by atoms with Crippen molar-refractivity contribution in [2.24, 2.45) is 45.8 Å². The molecule has 0 radical (unpaired) electrons. The van der Waals surface area contributed by atoms with Crippen LogP contribution < -0.4 is 64.6 Å². The zero-order valence-corrected chi connectivity index (χ0v) is 81.6. The number of hydrogen-bond donors (Lipinski definition) is 15. The van der Waals surface area contributed by atoms with Crippen LogP contribution in [-0.2, 0) is 113 Å². The number of aliphatic hydroxyl groups is 3. The second kappa shape index (κ2) is 50.7. The molecular weight excluding hydrogens is 1800 g/mol. The van der Waals surface area contributed by atoms with E-state index in [1.165, 1.54) is 10.5 Å². The van der Waals surface area contributed by atoms with Gasteiger partial charge in [-0.05, 0) is 219 Å². The summed E-state index contributed by atoms with van der Waals surface area (Å²) in [5.41, 5.74) is 26.3. The molecule has 35 nitrogen and oxygen atoms in total. The van der Waals surface area contributed by atoms with Crippen molar-refractivity contribution >= 4 is 82.4 Å².